The van der Waals surface area contributed by atoms with Gasteiger partial charge in [0, 0.05) is 37.6 Å². The van der Waals surface area contributed by atoms with Crippen LogP contribution in [0.5, 0.6) is 0 Å². The van der Waals surface area contributed by atoms with Crippen molar-refractivity contribution < 1.29 is 4.79 Å². The Balaban J connectivity index is 1.71. The highest BCUT2D eigenvalue weighted by Crippen LogP contribution is 2.29. The van der Waals surface area contributed by atoms with E-state index in [1.165, 1.54) is 19.2 Å². The summed E-state index contributed by atoms with van der Waals surface area (Å²) in [6.07, 6.45) is 9.23. The van der Waals surface area contributed by atoms with Gasteiger partial charge in [0.05, 0.1) is 5.56 Å². The van der Waals surface area contributed by atoms with Crippen LogP contribution in [-0.2, 0) is 0 Å². The molecule has 3 rings (SSSR count). The molecule has 2 saturated heterocycles. The van der Waals surface area contributed by atoms with Gasteiger partial charge in [0.15, 0.2) is 0 Å². The molecule has 2 fully saturated rings. The third-order valence-corrected chi connectivity index (χ3v) is 4.12. The zero-order chi connectivity index (χ0) is 12.5. The van der Waals surface area contributed by atoms with Crippen molar-refractivity contribution in [3.05, 3.63) is 24.3 Å². The molecule has 0 spiro atoms. The van der Waals surface area contributed by atoms with E-state index in [0.717, 1.165) is 12.8 Å². The molecule has 1 aromatic heterocycles. The van der Waals surface area contributed by atoms with E-state index in [4.69, 9.17) is 0 Å². The Morgan fingerprint density at radius 1 is 1.28 bits per heavy atom. The first-order valence-corrected chi connectivity index (χ1v) is 6.52. The monoisotopic (exact) mass is 246 g/mol. The molecule has 2 atom stereocenters. The SMILES string of the molecule is CN(C(=O)c1cncnc1)C1CC2CCC(C1)N2. The predicted molar refractivity (Wildman–Crippen MR) is 67.1 cm³/mol. The molecular weight excluding hydrogens is 228 g/mol. The van der Waals surface area contributed by atoms with Crippen LogP contribution in [0.25, 0.3) is 0 Å². The van der Waals surface area contributed by atoms with Crippen molar-refractivity contribution in [1.29, 1.82) is 0 Å². The molecule has 2 aliphatic rings. The lowest BCUT2D eigenvalue weighted by Gasteiger charge is -2.35. The summed E-state index contributed by atoms with van der Waals surface area (Å²) in [7, 11) is 1.89. The second-order valence-electron chi connectivity index (χ2n) is 5.31. The lowest BCUT2D eigenvalue weighted by molar-refractivity contribution is 0.0681. The topological polar surface area (TPSA) is 58.1 Å². The maximum Gasteiger partial charge on any atom is 0.256 e. The van der Waals surface area contributed by atoms with Crippen LogP contribution in [0.4, 0.5) is 0 Å². The van der Waals surface area contributed by atoms with Crippen molar-refractivity contribution in [2.24, 2.45) is 0 Å². The smallest absolute Gasteiger partial charge is 0.256 e. The van der Waals surface area contributed by atoms with E-state index < -0.39 is 0 Å². The number of nitrogens with zero attached hydrogens (tertiary/aromatic N) is 3. The molecule has 18 heavy (non-hydrogen) atoms. The standard InChI is InChI=1S/C13H18N4O/c1-17(13(18)9-6-14-8-15-7-9)12-4-10-2-3-11(5-12)16-10/h6-8,10-12,16H,2-5H2,1H3. The van der Waals surface area contributed by atoms with Gasteiger partial charge in [-0.1, -0.05) is 0 Å². The molecule has 2 bridgehead atoms. The van der Waals surface area contributed by atoms with Crippen LogP contribution in [0.3, 0.4) is 0 Å². The minimum absolute atomic E-state index is 0.0295. The van der Waals surface area contributed by atoms with Crippen LogP contribution < -0.4 is 5.32 Å². The van der Waals surface area contributed by atoms with Gasteiger partial charge < -0.3 is 10.2 Å². The highest BCUT2D eigenvalue weighted by atomic mass is 16.2. The van der Waals surface area contributed by atoms with Crippen molar-refractivity contribution >= 4 is 5.91 Å². The summed E-state index contributed by atoms with van der Waals surface area (Å²) in [5, 5.41) is 3.59. The molecule has 1 amide bonds. The first-order chi connectivity index (χ1) is 8.74. The maximum absolute atomic E-state index is 12.3. The predicted octanol–water partition coefficient (Wildman–Crippen LogP) is 0.832. The summed E-state index contributed by atoms with van der Waals surface area (Å²) in [6.45, 7) is 0. The Morgan fingerprint density at radius 2 is 1.89 bits per heavy atom. The van der Waals surface area contributed by atoms with E-state index in [1.807, 2.05) is 11.9 Å². The van der Waals surface area contributed by atoms with E-state index in [0.29, 0.717) is 23.7 Å². The Bertz CT molecular complexity index is 424. The Hall–Kier alpha value is -1.49. The number of hydrogen-bond donors (Lipinski definition) is 1. The van der Waals surface area contributed by atoms with Crippen LogP contribution in [0.15, 0.2) is 18.7 Å². The Morgan fingerprint density at radius 3 is 2.50 bits per heavy atom. The zero-order valence-electron chi connectivity index (χ0n) is 10.5. The first-order valence-electron chi connectivity index (χ1n) is 6.52. The lowest BCUT2D eigenvalue weighted by atomic mass is 9.98. The number of aromatic nitrogens is 2. The van der Waals surface area contributed by atoms with Crippen LogP contribution in [0.2, 0.25) is 0 Å². The first kappa shape index (κ1) is 11.6. The second kappa shape index (κ2) is 4.65. The normalized spacial score (nSPS) is 30.2. The van der Waals surface area contributed by atoms with Crippen molar-refractivity contribution in [3.8, 4) is 0 Å². The fourth-order valence-corrected chi connectivity index (χ4v) is 3.12. The van der Waals surface area contributed by atoms with Gasteiger partial charge in [0.2, 0.25) is 0 Å². The summed E-state index contributed by atoms with van der Waals surface area (Å²) >= 11 is 0. The number of carbonyl (C=O) groups excluding carboxylic acids is 1. The molecule has 0 aliphatic carbocycles. The molecule has 1 N–H and O–H groups in total. The van der Waals surface area contributed by atoms with Gasteiger partial charge in [-0.25, -0.2) is 9.97 Å². The van der Waals surface area contributed by atoms with Crippen LogP contribution in [0, 0.1) is 0 Å². The average Bonchev–Trinajstić information content (AvgIpc) is 2.77. The number of nitrogens with one attached hydrogen (secondary N) is 1. The summed E-state index contributed by atoms with van der Waals surface area (Å²) in [5.74, 6) is 0.0295. The minimum Gasteiger partial charge on any atom is -0.339 e. The maximum atomic E-state index is 12.3. The molecule has 1 aromatic rings. The van der Waals surface area contributed by atoms with Crippen molar-refractivity contribution in [2.75, 3.05) is 7.05 Å². The molecule has 3 heterocycles. The fraction of sp³-hybridized carbons (Fsp3) is 0.615. The van der Waals surface area contributed by atoms with Gasteiger partial charge in [-0.3, -0.25) is 4.79 Å². The average molecular weight is 246 g/mol. The van der Waals surface area contributed by atoms with Crippen molar-refractivity contribution in [3.63, 3.8) is 0 Å². The van der Waals surface area contributed by atoms with Gasteiger partial charge >= 0.3 is 0 Å². The van der Waals surface area contributed by atoms with Crippen LogP contribution >= 0.6 is 0 Å². The van der Waals surface area contributed by atoms with Gasteiger partial charge in [0.25, 0.3) is 5.91 Å². The highest BCUT2D eigenvalue weighted by Gasteiger charge is 2.36. The quantitative estimate of drug-likeness (QED) is 0.840. The lowest BCUT2D eigenvalue weighted by Crippen LogP contribution is -2.48. The van der Waals surface area contributed by atoms with Gasteiger partial charge in [-0.2, -0.15) is 0 Å². The Kier molecular flexibility index (Phi) is 2.99. The van der Waals surface area contributed by atoms with Crippen molar-refractivity contribution in [2.45, 2.75) is 43.8 Å². The third kappa shape index (κ3) is 2.10. The number of fused-ring (bicyclic) bond motifs is 2. The van der Waals surface area contributed by atoms with E-state index in [2.05, 4.69) is 15.3 Å². The van der Waals surface area contributed by atoms with Crippen molar-refractivity contribution in [1.82, 2.24) is 20.2 Å². The molecular formula is C13H18N4O. The van der Waals surface area contributed by atoms with E-state index in [9.17, 15) is 4.79 Å². The molecule has 5 nitrogen and oxygen atoms in total. The Labute approximate surface area is 107 Å². The summed E-state index contributed by atoms with van der Waals surface area (Å²) in [4.78, 5) is 22.0. The number of rotatable bonds is 2. The largest absolute Gasteiger partial charge is 0.339 e. The number of piperidine rings is 1. The molecule has 5 heteroatoms. The fourth-order valence-electron chi connectivity index (χ4n) is 3.12. The molecule has 0 radical (unpaired) electrons. The van der Waals surface area contributed by atoms with Gasteiger partial charge in [-0.05, 0) is 25.7 Å². The zero-order valence-corrected chi connectivity index (χ0v) is 10.5. The molecule has 0 saturated carbocycles. The summed E-state index contributed by atoms with van der Waals surface area (Å²) in [6, 6.07) is 1.53. The van der Waals surface area contributed by atoms with Crippen LogP contribution in [0.1, 0.15) is 36.0 Å². The second-order valence-corrected chi connectivity index (χ2v) is 5.31. The number of hydrogen-bond acceptors (Lipinski definition) is 4. The number of carbonyl (C=O) groups is 1. The van der Waals surface area contributed by atoms with E-state index >= 15 is 0 Å². The van der Waals surface area contributed by atoms with E-state index in [-0.39, 0.29) is 5.91 Å². The summed E-state index contributed by atoms with van der Waals surface area (Å²) in [5.41, 5.74) is 0.575. The number of amides is 1. The van der Waals surface area contributed by atoms with Gasteiger partial charge in [-0.15, -0.1) is 0 Å². The van der Waals surface area contributed by atoms with Crippen LogP contribution in [-0.4, -0.2) is 45.9 Å². The molecule has 96 valence electrons. The molecule has 2 aliphatic heterocycles. The third-order valence-electron chi connectivity index (χ3n) is 4.12. The highest BCUT2D eigenvalue weighted by molar-refractivity contribution is 5.93. The summed E-state index contributed by atoms with van der Waals surface area (Å²) < 4.78 is 0. The van der Waals surface area contributed by atoms with Gasteiger partial charge in [0.1, 0.15) is 6.33 Å². The van der Waals surface area contributed by atoms with E-state index in [1.54, 1.807) is 12.4 Å². The molecule has 2 unspecified atom stereocenters. The molecule has 0 aromatic carbocycles. The minimum atomic E-state index is 0.0295.